The molecule has 4 rings (SSSR count). The summed E-state index contributed by atoms with van der Waals surface area (Å²) in [7, 11) is 0. The third-order valence-electron chi connectivity index (χ3n) is 5.04. The number of aliphatic imine (C=N–C) groups is 1. The van der Waals surface area contributed by atoms with Gasteiger partial charge >= 0.3 is 5.97 Å². The summed E-state index contributed by atoms with van der Waals surface area (Å²) in [5.41, 5.74) is 1.64. The minimum absolute atomic E-state index is 0. The Bertz CT molecular complexity index is 945. The molecule has 2 aromatic rings. The van der Waals surface area contributed by atoms with Crippen LogP contribution in [0, 0.1) is 0 Å². The number of nitrogens with zero attached hydrogens (tertiary/aromatic N) is 2. The summed E-state index contributed by atoms with van der Waals surface area (Å²) in [6.45, 7) is 1.94. The number of esters is 1. The van der Waals surface area contributed by atoms with Crippen LogP contribution in [-0.4, -0.2) is 34.9 Å². The van der Waals surface area contributed by atoms with Crippen molar-refractivity contribution in [1.29, 1.82) is 0 Å². The van der Waals surface area contributed by atoms with Crippen molar-refractivity contribution in [3.05, 3.63) is 35.2 Å². The van der Waals surface area contributed by atoms with Crippen LogP contribution in [0.1, 0.15) is 60.7 Å². The number of fused-ring (bicyclic) bond motifs is 1. The lowest BCUT2D eigenvalue weighted by Gasteiger charge is -2.22. The van der Waals surface area contributed by atoms with E-state index in [-0.39, 0.29) is 48.0 Å². The van der Waals surface area contributed by atoms with Crippen LogP contribution in [0.25, 0.3) is 11.6 Å². The predicted octanol–water partition coefficient (Wildman–Crippen LogP) is 4.98. The molecule has 8 heteroatoms. The number of furan rings is 1. The highest BCUT2D eigenvalue weighted by atomic mass is 35.5. The molecular weight excluding hydrogens is 394 g/mol. The number of hydrogen-bond acceptors (Lipinski definition) is 7. The summed E-state index contributed by atoms with van der Waals surface area (Å²) >= 11 is 0. The van der Waals surface area contributed by atoms with Gasteiger partial charge < -0.3 is 19.6 Å². The highest BCUT2D eigenvalue weighted by Gasteiger charge is 2.28. The van der Waals surface area contributed by atoms with Gasteiger partial charge in [0.25, 0.3) is 0 Å². The summed E-state index contributed by atoms with van der Waals surface area (Å²) in [6.07, 6.45) is 10.5. The fourth-order valence-corrected chi connectivity index (χ4v) is 3.65. The van der Waals surface area contributed by atoms with E-state index in [1.54, 1.807) is 25.4 Å². The molecule has 1 fully saturated rings. The monoisotopic (exact) mass is 417 g/mol. The normalized spacial score (nSPS) is 17.1. The topological polar surface area (TPSA) is 97.0 Å². The van der Waals surface area contributed by atoms with Crippen molar-refractivity contribution in [2.45, 2.75) is 45.1 Å². The van der Waals surface area contributed by atoms with E-state index in [1.165, 1.54) is 6.42 Å². The molecule has 154 valence electrons. The van der Waals surface area contributed by atoms with Crippen molar-refractivity contribution in [3.8, 4) is 5.75 Å². The van der Waals surface area contributed by atoms with Gasteiger partial charge in [-0.15, -0.1) is 12.4 Å². The lowest BCUT2D eigenvalue weighted by atomic mass is 9.95. The predicted molar refractivity (Wildman–Crippen MR) is 114 cm³/mol. The molecule has 1 aliphatic carbocycles. The van der Waals surface area contributed by atoms with Crippen molar-refractivity contribution in [2.24, 2.45) is 4.99 Å². The zero-order chi connectivity index (χ0) is 19.5. The fourth-order valence-electron chi connectivity index (χ4n) is 3.65. The quantitative estimate of drug-likeness (QED) is 0.666. The second-order valence-electron chi connectivity index (χ2n) is 6.95. The van der Waals surface area contributed by atoms with Crippen LogP contribution in [-0.2, 0) is 4.74 Å². The first-order valence-electron chi connectivity index (χ1n) is 9.68. The smallest absolute Gasteiger partial charge is 0.347 e. The number of aromatic nitrogens is 1. The van der Waals surface area contributed by atoms with E-state index < -0.39 is 5.97 Å². The van der Waals surface area contributed by atoms with E-state index >= 15 is 0 Å². The number of ether oxygens (including phenoxy) is 1. The molecular formula is C21H24ClN3O4. The molecule has 2 N–H and O–H groups in total. The molecule has 0 spiro atoms. The molecule has 0 bridgehead atoms. The Hall–Kier alpha value is -2.80. The number of carbonyl (C=O) groups excluding carboxylic acids is 1. The summed E-state index contributed by atoms with van der Waals surface area (Å²) < 4.78 is 11.0. The van der Waals surface area contributed by atoms with Gasteiger partial charge in [0.15, 0.2) is 22.9 Å². The average molecular weight is 418 g/mol. The number of pyridine rings is 1. The largest absolute Gasteiger partial charge is 0.504 e. The Morgan fingerprint density at radius 2 is 2.17 bits per heavy atom. The molecule has 0 atom stereocenters. The van der Waals surface area contributed by atoms with Crippen molar-refractivity contribution in [1.82, 2.24) is 4.98 Å². The highest BCUT2D eigenvalue weighted by molar-refractivity contribution is 6.21. The standard InChI is InChI=1S/C21H23N3O4.ClH/c1-2-27-21(26)17-18(25)16(28-20(17)24-14-7-4-3-5-8-14)11-13-12-23-19-15(13)9-6-10-22-19;/h6,9-12,14,24-25H,2-5,7-8H2,1H3;1H. The van der Waals surface area contributed by atoms with E-state index in [2.05, 4.69) is 15.3 Å². The Labute approximate surface area is 175 Å². The molecule has 1 saturated carbocycles. The SMILES string of the molecule is CCOC(=O)c1c(NC2CCCCC2)oc(C=C2C=Nc3ncccc32)c1O.Cl. The van der Waals surface area contributed by atoms with Crippen LogP contribution in [0.4, 0.5) is 11.7 Å². The first-order chi connectivity index (χ1) is 13.7. The fraction of sp³-hybridized carbons (Fsp3) is 0.381. The number of hydrogen-bond donors (Lipinski definition) is 2. The minimum atomic E-state index is -0.603. The molecule has 0 unspecified atom stereocenters. The number of allylic oxidation sites excluding steroid dienone is 1. The van der Waals surface area contributed by atoms with Gasteiger partial charge in [-0.05, 0) is 38.0 Å². The van der Waals surface area contributed by atoms with E-state index in [1.807, 2.05) is 12.1 Å². The van der Waals surface area contributed by atoms with Gasteiger partial charge in [0, 0.05) is 29.6 Å². The number of halogens is 1. The molecule has 0 radical (unpaired) electrons. The van der Waals surface area contributed by atoms with Gasteiger partial charge in [-0.1, -0.05) is 19.3 Å². The summed E-state index contributed by atoms with van der Waals surface area (Å²) in [4.78, 5) is 20.9. The lowest BCUT2D eigenvalue weighted by Crippen LogP contribution is -2.23. The third kappa shape index (κ3) is 4.29. The first kappa shape index (κ1) is 20.9. The number of rotatable bonds is 5. The molecule has 7 nitrogen and oxygen atoms in total. The Morgan fingerprint density at radius 3 is 2.93 bits per heavy atom. The average Bonchev–Trinajstić information content (AvgIpc) is 3.24. The maximum Gasteiger partial charge on any atom is 0.347 e. The molecule has 29 heavy (non-hydrogen) atoms. The summed E-state index contributed by atoms with van der Waals surface area (Å²) in [5.74, 6) is 0.241. The van der Waals surface area contributed by atoms with Gasteiger partial charge in [-0.25, -0.2) is 14.8 Å². The Kier molecular flexibility index (Phi) is 6.59. The molecule has 2 aliphatic rings. The number of carbonyl (C=O) groups is 1. The van der Waals surface area contributed by atoms with Gasteiger partial charge in [0.05, 0.1) is 6.61 Å². The van der Waals surface area contributed by atoms with Gasteiger partial charge in [-0.3, -0.25) is 0 Å². The van der Waals surface area contributed by atoms with Crippen LogP contribution in [0.3, 0.4) is 0 Å². The number of anilines is 1. The zero-order valence-corrected chi connectivity index (χ0v) is 17.0. The van der Waals surface area contributed by atoms with Crippen LogP contribution in [0.5, 0.6) is 5.75 Å². The van der Waals surface area contributed by atoms with E-state index in [0.29, 0.717) is 5.82 Å². The van der Waals surface area contributed by atoms with Gasteiger partial charge in [-0.2, -0.15) is 0 Å². The minimum Gasteiger partial charge on any atom is -0.504 e. The van der Waals surface area contributed by atoms with Crippen molar-refractivity contribution < 1.29 is 19.1 Å². The van der Waals surface area contributed by atoms with Crippen molar-refractivity contribution >= 4 is 47.9 Å². The number of aromatic hydroxyl groups is 1. The molecule has 0 saturated heterocycles. The van der Waals surface area contributed by atoms with E-state index in [4.69, 9.17) is 9.15 Å². The molecule has 3 heterocycles. The van der Waals surface area contributed by atoms with Crippen LogP contribution in [0.2, 0.25) is 0 Å². The third-order valence-corrected chi connectivity index (χ3v) is 5.04. The van der Waals surface area contributed by atoms with Gasteiger partial charge in [0.1, 0.15) is 0 Å². The van der Waals surface area contributed by atoms with Crippen LogP contribution in [0.15, 0.2) is 27.7 Å². The molecule has 0 aromatic carbocycles. The van der Waals surface area contributed by atoms with Crippen LogP contribution >= 0.6 is 12.4 Å². The highest BCUT2D eigenvalue weighted by Crippen LogP contribution is 2.39. The second-order valence-corrected chi connectivity index (χ2v) is 6.95. The summed E-state index contributed by atoms with van der Waals surface area (Å²) in [5, 5.41) is 14.0. The first-order valence-corrected chi connectivity index (χ1v) is 9.68. The van der Waals surface area contributed by atoms with E-state index in [0.717, 1.165) is 36.8 Å². The van der Waals surface area contributed by atoms with Crippen LogP contribution < -0.4 is 5.32 Å². The van der Waals surface area contributed by atoms with Crippen molar-refractivity contribution in [2.75, 3.05) is 11.9 Å². The molecule has 2 aromatic heterocycles. The summed E-state index contributed by atoms with van der Waals surface area (Å²) in [6, 6.07) is 3.93. The van der Waals surface area contributed by atoms with Gasteiger partial charge in [0.2, 0.25) is 5.88 Å². The Morgan fingerprint density at radius 1 is 1.38 bits per heavy atom. The molecule has 0 amide bonds. The Balaban J connectivity index is 0.00000240. The van der Waals surface area contributed by atoms with Crippen molar-refractivity contribution in [3.63, 3.8) is 0 Å². The second kappa shape index (κ2) is 9.13. The molecule has 1 aliphatic heterocycles. The zero-order valence-electron chi connectivity index (χ0n) is 16.2. The maximum absolute atomic E-state index is 12.4. The number of nitrogens with one attached hydrogen (secondary N) is 1. The van der Waals surface area contributed by atoms with E-state index in [9.17, 15) is 9.90 Å². The lowest BCUT2D eigenvalue weighted by molar-refractivity contribution is 0.0524. The maximum atomic E-state index is 12.4.